The maximum atomic E-state index is 12.9. The summed E-state index contributed by atoms with van der Waals surface area (Å²) in [5, 5.41) is 13.5. The van der Waals surface area contributed by atoms with Crippen molar-refractivity contribution in [3.8, 4) is 22.5 Å². The molecule has 9 heteroatoms. The maximum absolute atomic E-state index is 12.9. The molecule has 1 aliphatic rings. The normalized spacial score (nSPS) is 16.9. The summed E-state index contributed by atoms with van der Waals surface area (Å²) >= 11 is 0. The van der Waals surface area contributed by atoms with Crippen molar-refractivity contribution in [3.05, 3.63) is 72.4 Å². The van der Waals surface area contributed by atoms with E-state index in [9.17, 15) is 4.79 Å². The number of amides is 1. The molecule has 1 amide bonds. The van der Waals surface area contributed by atoms with Crippen molar-refractivity contribution in [3.63, 3.8) is 0 Å². The Morgan fingerprint density at radius 3 is 2.72 bits per heavy atom. The minimum absolute atomic E-state index is 0.0274. The first kappa shape index (κ1) is 22.0. The molecule has 5 aromatic rings. The number of carbonyl (C=O) groups is 1. The zero-order valence-electron chi connectivity index (χ0n) is 20.3. The van der Waals surface area contributed by atoms with Gasteiger partial charge in [-0.2, -0.15) is 10.2 Å². The molecule has 4 heterocycles. The highest BCUT2D eigenvalue weighted by Crippen LogP contribution is 2.48. The van der Waals surface area contributed by atoms with Gasteiger partial charge in [0.05, 0.1) is 11.9 Å². The highest BCUT2D eigenvalue weighted by Gasteiger charge is 2.44. The summed E-state index contributed by atoms with van der Waals surface area (Å²) in [4.78, 5) is 22.0. The Hall–Kier alpha value is -4.53. The Morgan fingerprint density at radius 2 is 1.97 bits per heavy atom. The van der Waals surface area contributed by atoms with Gasteiger partial charge >= 0.3 is 0 Å². The number of benzene rings is 1. The minimum Gasteiger partial charge on any atom is -0.398 e. The van der Waals surface area contributed by atoms with Gasteiger partial charge in [-0.15, -0.1) is 0 Å². The predicted octanol–water partition coefficient (Wildman–Crippen LogP) is 4.06. The zero-order chi connectivity index (χ0) is 25.0. The van der Waals surface area contributed by atoms with Gasteiger partial charge in [-0.1, -0.05) is 0 Å². The van der Waals surface area contributed by atoms with Crippen LogP contribution in [-0.4, -0.2) is 35.4 Å². The molecule has 3 N–H and O–H groups in total. The highest BCUT2D eigenvalue weighted by atomic mass is 16.2. The first-order valence-corrected chi connectivity index (χ1v) is 11.8. The van der Waals surface area contributed by atoms with Crippen molar-refractivity contribution in [2.45, 2.75) is 19.3 Å². The van der Waals surface area contributed by atoms with Crippen LogP contribution in [-0.2, 0) is 18.9 Å². The van der Waals surface area contributed by atoms with E-state index in [0.717, 1.165) is 50.8 Å². The number of pyridine rings is 2. The lowest BCUT2D eigenvalue weighted by molar-refractivity contribution is -0.117. The van der Waals surface area contributed by atoms with Gasteiger partial charge in [0.2, 0.25) is 5.91 Å². The van der Waals surface area contributed by atoms with Crippen molar-refractivity contribution in [2.75, 3.05) is 11.1 Å². The van der Waals surface area contributed by atoms with Crippen LogP contribution in [0.2, 0.25) is 0 Å². The van der Waals surface area contributed by atoms with Crippen molar-refractivity contribution >= 4 is 28.2 Å². The molecule has 1 aliphatic carbocycles. The van der Waals surface area contributed by atoms with Crippen LogP contribution in [0.25, 0.3) is 33.3 Å². The number of rotatable bonds is 5. The number of carbonyl (C=O) groups excluding carboxylic acids is 1. The van der Waals surface area contributed by atoms with E-state index in [4.69, 9.17) is 5.73 Å². The van der Waals surface area contributed by atoms with E-state index in [1.54, 1.807) is 21.8 Å². The third-order valence-electron chi connectivity index (χ3n) is 6.80. The minimum atomic E-state index is -0.0675. The van der Waals surface area contributed by atoms with Crippen LogP contribution in [0.4, 0.5) is 11.5 Å². The Kier molecular flexibility index (Phi) is 5.06. The number of hydrogen-bond donors (Lipinski definition) is 2. The molecule has 2 unspecified atom stereocenters. The van der Waals surface area contributed by atoms with Gasteiger partial charge in [-0.3, -0.25) is 19.1 Å². The van der Waals surface area contributed by atoms with E-state index in [2.05, 4.69) is 38.5 Å². The highest BCUT2D eigenvalue weighted by molar-refractivity contribution is 6.01. The fourth-order valence-electron chi connectivity index (χ4n) is 4.86. The fourth-order valence-corrected chi connectivity index (χ4v) is 4.86. The van der Waals surface area contributed by atoms with Crippen molar-refractivity contribution < 1.29 is 4.79 Å². The molecule has 180 valence electrons. The number of fused-ring (bicyclic) bond motifs is 1. The summed E-state index contributed by atoms with van der Waals surface area (Å²) in [5.41, 5.74) is 12.7. The first-order chi connectivity index (χ1) is 17.4. The molecule has 1 aromatic carbocycles. The number of aromatic nitrogens is 6. The number of nitrogens with zero attached hydrogens (tertiary/aromatic N) is 6. The molecule has 1 fully saturated rings. The third kappa shape index (κ3) is 3.88. The average molecular weight is 479 g/mol. The Balaban J connectivity index is 1.33. The lowest BCUT2D eigenvalue weighted by Gasteiger charge is -2.14. The fraction of sp³-hybridized carbons (Fsp3) is 0.222. The van der Waals surface area contributed by atoms with Gasteiger partial charge < -0.3 is 11.1 Å². The number of nitrogen functional groups attached to an aromatic ring is 1. The zero-order valence-corrected chi connectivity index (χ0v) is 20.3. The lowest BCUT2D eigenvalue weighted by Crippen LogP contribution is -2.15. The predicted molar refractivity (Wildman–Crippen MR) is 139 cm³/mol. The number of nitrogens with one attached hydrogen (secondary N) is 1. The van der Waals surface area contributed by atoms with Crippen LogP contribution in [0.5, 0.6) is 0 Å². The Bertz CT molecular complexity index is 1630. The quantitative estimate of drug-likeness (QED) is 0.368. The van der Waals surface area contributed by atoms with Crippen LogP contribution in [0.15, 0.2) is 61.3 Å². The smallest absolute Gasteiger partial charge is 0.229 e. The van der Waals surface area contributed by atoms with Crippen molar-refractivity contribution in [2.24, 2.45) is 20.0 Å². The van der Waals surface area contributed by atoms with E-state index in [0.29, 0.717) is 11.5 Å². The molecular weight excluding hydrogens is 452 g/mol. The average Bonchev–Trinajstić information content (AvgIpc) is 3.35. The van der Waals surface area contributed by atoms with Gasteiger partial charge in [0.15, 0.2) is 0 Å². The summed E-state index contributed by atoms with van der Waals surface area (Å²) in [5.74, 6) is 0.621. The third-order valence-corrected chi connectivity index (χ3v) is 6.80. The van der Waals surface area contributed by atoms with Crippen LogP contribution < -0.4 is 11.1 Å². The van der Waals surface area contributed by atoms with E-state index < -0.39 is 0 Å². The lowest BCUT2D eigenvalue weighted by atomic mass is 9.95. The van der Waals surface area contributed by atoms with E-state index in [-0.39, 0.29) is 17.7 Å². The van der Waals surface area contributed by atoms with Crippen molar-refractivity contribution in [1.29, 1.82) is 0 Å². The summed E-state index contributed by atoms with van der Waals surface area (Å²) in [7, 11) is 3.77. The van der Waals surface area contributed by atoms with Crippen molar-refractivity contribution in [1.82, 2.24) is 29.5 Å². The number of anilines is 2. The van der Waals surface area contributed by atoms with Gasteiger partial charge in [0, 0.05) is 61.4 Å². The molecule has 36 heavy (non-hydrogen) atoms. The molecule has 2 atom stereocenters. The van der Waals surface area contributed by atoms with Crippen LogP contribution in [0.1, 0.15) is 23.5 Å². The molecule has 9 nitrogen and oxygen atoms in total. The van der Waals surface area contributed by atoms with Gasteiger partial charge in [0.25, 0.3) is 0 Å². The van der Waals surface area contributed by atoms with Gasteiger partial charge in [-0.05, 0) is 71.7 Å². The SMILES string of the molecule is Cc1ccnc(-c2ccn(C)n2)c1-c1cc(N)c2cnc(NC(=O)C3CC3c3cnn(C)c3)cc2c1. The van der Waals surface area contributed by atoms with Gasteiger partial charge in [0.1, 0.15) is 11.5 Å². The molecule has 0 bridgehead atoms. The molecule has 0 saturated heterocycles. The van der Waals surface area contributed by atoms with Crippen LogP contribution in [0.3, 0.4) is 0 Å². The summed E-state index contributed by atoms with van der Waals surface area (Å²) in [6.07, 6.45) is 10.0. The molecule has 0 radical (unpaired) electrons. The second-order valence-electron chi connectivity index (χ2n) is 9.47. The van der Waals surface area contributed by atoms with E-state index >= 15 is 0 Å². The Labute approximate surface area is 208 Å². The number of aryl methyl sites for hydroxylation is 3. The summed E-state index contributed by atoms with van der Waals surface area (Å²) < 4.78 is 3.52. The number of hydrogen-bond acceptors (Lipinski definition) is 6. The van der Waals surface area contributed by atoms with Crippen LogP contribution in [0, 0.1) is 12.8 Å². The molecule has 1 saturated carbocycles. The standard InChI is InChI=1S/C27H26N8O/c1-15-4-6-29-26(23-5-7-34(2)33-23)25(15)17-8-16-10-24(30-13-21(16)22(28)9-17)32-27(36)20-11-19(20)18-12-31-35(3)14-18/h4-10,12-14,19-20H,11,28H2,1-3H3,(H,30,32,36). The second kappa shape index (κ2) is 8.30. The van der Waals surface area contributed by atoms with Crippen LogP contribution >= 0.6 is 0 Å². The Morgan fingerprint density at radius 1 is 1.11 bits per heavy atom. The number of nitrogens with two attached hydrogens (primary N) is 1. The largest absolute Gasteiger partial charge is 0.398 e. The topological polar surface area (TPSA) is 117 Å². The monoisotopic (exact) mass is 478 g/mol. The molecule has 0 aliphatic heterocycles. The second-order valence-corrected chi connectivity index (χ2v) is 9.47. The van der Waals surface area contributed by atoms with E-state index in [1.165, 1.54) is 0 Å². The van der Waals surface area contributed by atoms with E-state index in [1.807, 2.05) is 57.0 Å². The molecule has 4 aromatic heterocycles. The molecule has 0 spiro atoms. The molecular formula is C27H26N8O. The summed E-state index contributed by atoms with van der Waals surface area (Å²) in [6.45, 7) is 2.05. The summed E-state index contributed by atoms with van der Waals surface area (Å²) in [6, 6.07) is 9.82. The van der Waals surface area contributed by atoms with Gasteiger partial charge in [-0.25, -0.2) is 4.98 Å². The first-order valence-electron chi connectivity index (χ1n) is 11.8. The molecule has 6 rings (SSSR count). The maximum Gasteiger partial charge on any atom is 0.229 e.